The molecule has 0 bridgehead atoms. The number of hydrogen-bond donors (Lipinski definition) is 2. The number of anilines is 1. The smallest absolute Gasteiger partial charge is 0.255 e. The topological polar surface area (TPSA) is 74.2 Å². The maximum atomic E-state index is 12.5. The predicted molar refractivity (Wildman–Crippen MR) is 107 cm³/mol. The van der Waals surface area contributed by atoms with E-state index in [1.807, 2.05) is 19.1 Å². The number of rotatable bonds is 4. The largest absolute Gasteiger partial charge is 0.492 e. The summed E-state index contributed by atoms with van der Waals surface area (Å²) in [5.74, 6) is 0.235. The number of amides is 1. The van der Waals surface area contributed by atoms with Crippen LogP contribution in [-0.2, 0) is 13.0 Å². The van der Waals surface area contributed by atoms with Crippen LogP contribution in [0.3, 0.4) is 0 Å². The van der Waals surface area contributed by atoms with Crippen molar-refractivity contribution in [2.45, 2.75) is 19.9 Å². The molecule has 1 heterocycles. The van der Waals surface area contributed by atoms with Crippen LogP contribution in [0.4, 0.5) is 5.69 Å². The molecule has 7 heteroatoms. The number of nitrogens with one attached hydrogen (secondary N) is 2. The number of halogens is 2. The van der Waals surface area contributed by atoms with Crippen molar-refractivity contribution in [1.82, 2.24) is 5.32 Å². The molecule has 26 heavy (non-hydrogen) atoms. The number of carbonyl (C=O) groups excluding carboxylic acids is 1. The highest BCUT2D eigenvalue weighted by molar-refractivity contribution is 9.10. The van der Waals surface area contributed by atoms with E-state index in [4.69, 9.17) is 4.74 Å². The molecule has 0 saturated carbocycles. The fraction of sp³-hybridized carbons (Fsp3) is 0.263. The molecule has 0 unspecified atom stereocenters. The SMILES string of the molecule is CCOc1ccc(C(=O)Nc2cc(Br)c3c(c2)CNCC3)cc1C#N.Cl. The summed E-state index contributed by atoms with van der Waals surface area (Å²) in [7, 11) is 0. The van der Waals surface area contributed by atoms with E-state index < -0.39 is 0 Å². The van der Waals surface area contributed by atoms with E-state index in [1.54, 1.807) is 18.2 Å². The van der Waals surface area contributed by atoms with Gasteiger partial charge in [0.1, 0.15) is 11.8 Å². The minimum atomic E-state index is -0.254. The number of hydrogen-bond acceptors (Lipinski definition) is 4. The third kappa shape index (κ3) is 4.36. The van der Waals surface area contributed by atoms with E-state index in [0.29, 0.717) is 23.5 Å². The fourth-order valence-electron chi connectivity index (χ4n) is 2.88. The molecule has 1 aliphatic rings. The van der Waals surface area contributed by atoms with Crippen LogP contribution >= 0.6 is 28.3 Å². The Hall–Kier alpha value is -2.07. The van der Waals surface area contributed by atoms with Gasteiger partial charge in [-0.05, 0) is 61.3 Å². The van der Waals surface area contributed by atoms with E-state index in [2.05, 4.69) is 32.6 Å². The summed E-state index contributed by atoms with van der Waals surface area (Å²) in [5.41, 5.74) is 3.97. The van der Waals surface area contributed by atoms with E-state index in [-0.39, 0.29) is 18.3 Å². The van der Waals surface area contributed by atoms with Crippen LogP contribution in [0.25, 0.3) is 0 Å². The Bertz CT molecular complexity index is 865. The monoisotopic (exact) mass is 435 g/mol. The van der Waals surface area contributed by atoms with E-state index in [0.717, 1.165) is 29.7 Å². The fourth-order valence-corrected chi connectivity index (χ4v) is 3.58. The van der Waals surface area contributed by atoms with Crippen LogP contribution in [0.2, 0.25) is 0 Å². The summed E-state index contributed by atoms with van der Waals surface area (Å²) >= 11 is 3.59. The summed E-state index contributed by atoms with van der Waals surface area (Å²) in [4.78, 5) is 12.5. The van der Waals surface area contributed by atoms with E-state index in [1.165, 1.54) is 11.1 Å². The van der Waals surface area contributed by atoms with Gasteiger partial charge in [0, 0.05) is 22.3 Å². The van der Waals surface area contributed by atoms with Crippen molar-refractivity contribution < 1.29 is 9.53 Å². The first kappa shape index (κ1) is 20.2. The van der Waals surface area contributed by atoms with Crippen LogP contribution in [0.15, 0.2) is 34.8 Å². The second-order valence-corrected chi connectivity index (χ2v) is 6.59. The third-order valence-electron chi connectivity index (χ3n) is 4.08. The Kier molecular flexibility index (Phi) is 7.04. The van der Waals surface area contributed by atoms with Crippen molar-refractivity contribution in [3.8, 4) is 11.8 Å². The normalized spacial score (nSPS) is 12.3. The second-order valence-electron chi connectivity index (χ2n) is 5.73. The minimum absolute atomic E-state index is 0. The van der Waals surface area contributed by atoms with Crippen molar-refractivity contribution in [3.63, 3.8) is 0 Å². The quantitative estimate of drug-likeness (QED) is 0.758. The highest BCUT2D eigenvalue weighted by Gasteiger charge is 2.15. The molecule has 0 spiro atoms. The third-order valence-corrected chi connectivity index (χ3v) is 4.78. The molecule has 136 valence electrons. The highest BCUT2D eigenvalue weighted by Crippen LogP contribution is 2.28. The Morgan fingerprint density at radius 1 is 1.38 bits per heavy atom. The number of nitrogens with zero attached hydrogens (tertiary/aromatic N) is 1. The molecule has 2 N–H and O–H groups in total. The maximum Gasteiger partial charge on any atom is 0.255 e. The standard InChI is InChI=1S/C19H18BrN3O2.ClH/c1-2-25-18-4-3-12(7-13(18)10-21)19(24)23-15-8-14-11-22-6-5-16(14)17(20)9-15;/h3-4,7-9,22H,2,5-6,11H2,1H3,(H,23,24);1H. The maximum absolute atomic E-state index is 12.5. The molecule has 2 aromatic rings. The van der Waals surface area contributed by atoms with E-state index >= 15 is 0 Å². The molecular formula is C19H19BrClN3O2. The van der Waals surface area contributed by atoms with Crippen LogP contribution in [-0.4, -0.2) is 19.1 Å². The summed E-state index contributed by atoms with van der Waals surface area (Å²) in [6.45, 7) is 4.07. The van der Waals surface area contributed by atoms with Crippen molar-refractivity contribution in [2.24, 2.45) is 0 Å². The Labute approximate surface area is 167 Å². The first-order chi connectivity index (χ1) is 12.1. The molecule has 0 atom stereocenters. The molecule has 1 aliphatic heterocycles. The van der Waals surface area contributed by atoms with Crippen molar-refractivity contribution in [2.75, 3.05) is 18.5 Å². The lowest BCUT2D eigenvalue weighted by atomic mass is 10.0. The zero-order valence-electron chi connectivity index (χ0n) is 14.3. The molecule has 5 nitrogen and oxygen atoms in total. The highest BCUT2D eigenvalue weighted by atomic mass is 79.9. The average molecular weight is 437 g/mol. The van der Waals surface area contributed by atoms with Gasteiger partial charge in [0.25, 0.3) is 5.91 Å². The first-order valence-corrected chi connectivity index (χ1v) is 8.92. The summed E-state index contributed by atoms with van der Waals surface area (Å²) in [6, 6.07) is 10.8. The van der Waals surface area contributed by atoms with Crippen LogP contribution in [0.5, 0.6) is 5.75 Å². The van der Waals surface area contributed by atoms with Gasteiger partial charge in [-0.25, -0.2) is 0 Å². The van der Waals surface area contributed by atoms with Crippen molar-refractivity contribution >= 4 is 39.9 Å². The molecule has 0 radical (unpaired) electrons. The average Bonchev–Trinajstić information content (AvgIpc) is 2.62. The van der Waals surface area contributed by atoms with Crippen molar-refractivity contribution in [3.05, 3.63) is 57.1 Å². The zero-order chi connectivity index (χ0) is 17.8. The number of ether oxygens (including phenoxy) is 1. The molecule has 0 fully saturated rings. The molecule has 1 amide bonds. The van der Waals surface area contributed by atoms with Gasteiger partial charge in [-0.15, -0.1) is 12.4 Å². The number of carbonyl (C=O) groups is 1. The lowest BCUT2D eigenvalue weighted by Gasteiger charge is -2.20. The summed E-state index contributed by atoms with van der Waals surface area (Å²) in [6.07, 6.45) is 0.967. The van der Waals surface area contributed by atoms with Gasteiger partial charge in [-0.2, -0.15) is 5.26 Å². The minimum Gasteiger partial charge on any atom is -0.492 e. The van der Waals surface area contributed by atoms with Gasteiger partial charge in [0.05, 0.1) is 12.2 Å². The van der Waals surface area contributed by atoms with Gasteiger partial charge in [-0.1, -0.05) is 15.9 Å². The van der Waals surface area contributed by atoms with Gasteiger partial charge < -0.3 is 15.4 Å². The number of benzene rings is 2. The molecule has 0 saturated heterocycles. The summed E-state index contributed by atoms with van der Waals surface area (Å²) in [5, 5.41) is 15.5. The van der Waals surface area contributed by atoms with E-state index in [9.17, 15) is 10.1 Å². The number of nitriles is 1. The zero-order valence-corrected chi connectivity index (χ0v) is 16.7. The Morgan fingerprint density at radius 3 is 2.92 bits per heavy atom. The molecule has 3 rings (SSSR count). The first-order valence-electron chi connectivity index (χ1n) is 8.12. The van der Waals surface area contributed by atoms with Gasteiger partial charge in [0.2, 0.25) is 0 Å². The Balaban J connectivity index is 0.00000243. The van der Waals surface area contributed by atoms with Gasteiger partial charge in [-0.3, -0.25) is 4.79 Å². The summed E-state index contributed by atoms with van der Waals surface area (Å²) < 4.78 is 6.40. The predicted octanol–water partition coefficient (Wildman–Crippen LogP) is 4.04. The van der Waals surface area contributed by atoms with Gasteiger partial charge in [0.15, 0.2) is 0 Å². The Morgan fingerprint density at radius 2 is 2.19 bits per heavy atom. The van der Waals surface area contributed by atoms with Crippen LogP contribution < -0.4 is 15.4 Å². The van der Waals surface area contributed by atoms with Gasteiger partial charge >= 0.3 is 0 Å². The molecule has 0 aromatic heterocycles. The molecular weight excluding hydrogens is 418 g/mol. The van der Waals surface area contributed by atoms with Crippen LogP contribution in [0, 0.1) is 11.3 Å². The molecule has 2 aromatic carbocycles. The molecule has 0 aliphatic carbocycles. The lowest BCUT2D eigenvalue weighted by molar-refractivity contribution is 0.102. The second kappa shape index (κ2) is 9.04. The number of fused-ring (bicyclic) bond motifs is 1. The van der Waals surface area contributed by atoms with Crippen molar-refractivity contribution in [1.29, 1.82) is 5.26 Å². The lowest BCUT2D eigenvalue weighted by Crippen LogP contribution is -2.24. The van der Waals surface area contributed by atoms with Crippen LogP contribution in [0.1, 0.15) is 34.0 Å².